The number of carbonyl (C=O) groups is 2. The zero-order chi connectivity index (χ0) is 14.0. The molecule has 1 aromatic carbocycles. The SMILES string of the molecule is CC(C)[C@H](NC(=O)c1ccc2c(c1)CCO2)C(=O)O. The number of hydrogen-bond donors (Lipinski definition) is 2. The number of fused-ring (bicyclic) bond motifs is 1. The van der Waals surface area contributed by atoms with Crippen LogP contribution >= 0.6 is 0 Å². The maximum absolute atomic E-state index is 12.0. The molecular weight excluding hydrogens is 246 g/mol. The van der Waals surface area contributed by atoms with Crippen LogP contribution in [-0.2, 0) is 11.2 Å². The fourth-order valence-corrected chi connectivity index (χ4v) is 2.07. The summed E-state index contributed by atoms with van der Waals surface area (Å²) in [7, 11) is 0. The maximum atomic E-state index is 12.0. The number of carboxylic acids is 1. The summed E-state index contributed by atoms with van der Waals surface area (Å²) in [4.78, 5) is 23.1. The van der Waals surface area contributed by atoms with E-state index in [1.54, 1.807) is 32.0 Å². The van der Waals surface area contributed by atoms with Crippen LogP contribution in [0.15, 0.2) is 18.2 Å². The van der Waals surface area contributed by atoms with Crippen LogP contribution in [0, 0.1) is 5.92 Å². The minimum atomic E-state index is -1.02. The monoisotopic (exact) mass is 263 g/mol. The van der Waals surface area contributed by atoms with Crippen molar-refractivity contribution in [2.24, 2.45) is 5.92 Å². The minimum absolute atomic E-state index is 0.167. The van der Waals surface area contributed by atoms with Crippen molar-refractivity contribution in [3.8, 4) is 5.75 Å². The van der Waals surface area contributed by atoms with Gasteiger partial charge < -0.3 is 15.2 Å². The third kappa shape index (κ3) is 2.86. The van der Waals surface area contributed by atoms with E-state index in [0.717, 1.165) is 17.7 Å². The fraction of sp³-hybridized carbons (Fsp3) is 0.429. The fourth-order valence-electron chi connectivity index (χ4n) is 2.07. The van der Waals surface area contributed by atoms with Gasteiger partial charge in [0.15, 0.2) is 0 Å². The maximum Gasteiger partial charge on any atom is 0.326 e. The number of carboxylic acid groups (broad SMARTS) is 1. The van der Waals surface area contributed by atoms with Crippen molar-refractivity contribution >= 4 is 11.9 Å². The van der Waals surface area contributed by atoms with Crippen molar-refractivity contribution in [1.29, 1.82) is 0 Å². The summed E-state index contributed by atoms with van der Waals surface area (Å²) in [6.07, 6.45) is 0.781. The molecule has 0 aliphatic carbocycles. The molecule has 0 aromatic heterocycles. The first kappa shape index (κ1) is 13.4. The molecule has 1 heterocycles. The van der Waals surface area contributed by atoms with Gasteiger partial charge in [0.2, 0.25) is 0 Å². The van der Waals surface area contributed by atoms with Crippen LogP contribution < -0.4 is 10.1 Å². The van der Waals surface area contributed by atoms with Gasteiger partial charge in [-0.25, -0.2) is 4.79 Å². The summed E-state index contributed by atoms with van der Waals surface area (Å²) < 4.78 is 5.36. The lowest BCUT2D eigenvalue weighted by molar-refractivity contribution is -0.140. The molecule has 2 rings (SSSR count). The molecular formula is C14H17NO4. The number of amides is 1. The molecule has 0 saturated heterocycles. The number of nitrogens with one attached hydrogen (secondary N) is 1. The summed E-state index contributed by atoms with van der Waals surface area (Å²) in [5.74, 6) is -0.752. The van der Waals surface area contributed by atoms with Crippen molar-refractivity contribution in [2.45, 2.75) is 26.3 Å². The summed E-state index contributed by atoms with van der Waals surface area (Å²) in [6.45, 7) is 4.15. The molecule has 1 aliphatic rings. The quantitative estimate of drug-likeness (QED) is 0.862. The highest BCUT2D eigenvalue weighted by molar-refractivity contribution is 5.97. The zero-order valence-electron chi connectivity index (χ0n) is 11.0. The molecule has 1 atom stereocenters. The zero-order valence-corrected chi connectivity index (χ0v) is 11.0. The topological polar surface area (TPSA) is 75.6 Å². The lowest BCUT2D eigenvalue weighted by atomic mass is 10.0. The summed E-state index contributed by atoms with van der Waals surface area (Å²) in [5.41, 5.74) is 1.46. The molecule has 0 fully saturated rings. The average molecular weight is 263 g/mol. The molecule has 0 saturated carbocycles. The van der Waals surface area contributed by atoms with Gasteiger partial charge in [0.25, 0.3) is 5.91 Å². The van der Waals surface area contributed by atoms with Crippen molar-refractivity contribution in [3.05, 3.63) is 29.3 Å². The van der Waals surface area contributed by atoms with Crippen molar-refractivity contribution in [3.63, 3.8) is 0 Å². The largest absolute Gasteiger partial charge is 0.493 e. The second-order valence-electron chi connectivity index (χ2n) is 4.95. The van der Waals surface area contributed by atoms with Crippen LogP contribution in [0.25, 0.3) is 0 Å². The predicted molar refractivity (Wildman–Crippen MR) is 69.4 cm³/mol. The first-order chi connectivity index (χ1) is 8.99. The van der Waals surface area contributed by atoms with E-state index in [1.165, 1.54) is 0 Å². The highest BCUT2D eigenvalue weighted by Gasteiger charge is 2.24. The Labute approximate surface area is 111 Å². The van der Waals surface area contributed by atoms with Crippen LogP contribution in [-0.4, -0.2) is 29.6 Å². The standard InChI is InChI=1S/C14H17NO4/c1-8(2)12(14(17)18)15-13(16)10-3-4-11-9(7-10)5-6-19-11/h3-4,7-8,12H,5-6H2,1-2H3,(H,15,16)(H,17,18)/t12-/m0/s1. The van der Waals surface area contributed by atoms with E-state index in [9.17, 15) is 9.59 Å². The molecule has 5 heteroatoms. The van der Waals surface area contributed by atoms with Crippen molar-refractivity contribution in [1.82, 2.24) is 5.32 Å². The Morgan fingerprint density at radius 2 is 2.11 bits per heavy atom. The lowest BCUT2D eigenvalue weighted by Crippen LogP contribution is -2.44. The normalized spacial score (nSPS) is 14.7. The van der Waals surface area contributed by atoms with Gasteiger partial charge in [-0.1, -0.05) is 13.8 Å². The third-order valence-electron chi connectivity index (χ3n) is 3.17. The van der Waals surface area contributed by atoms with Crippen LogP contribution in [0.3, 0.4) is 0 Å². The Hall–Kier alpha value is -2.04. The first-order valence-electron chi connectivity index (χ1n) is 6.28. The van der Waals surface area contributed by atoms with Gasteiger partial charge in [-0.05, 0) is 29.7 Å². The highest BCUT2D eigenvalue weighted by Crippen LogP contribution is 2.25. The van der Waals surface area contributed by atoms with E-state index < -0.39 is 12.0 Å². The molecule has 2 N–H and O–H groups in total. The molecule has 5 nitrogen and oxygen atoms in total. The molecule has 1 aliphatic heterocycles. The average Bonchev–Trinajstić information content (AvgIpc) is 2.81. The Kier molecular flexibility index (Phi) is 3.74. The molecule has 0 radical (unpaired) electrons. The van der Waals surface area contributed by atoms with Crippen LogP contribution in [0.4, 0.5) is 0 Å². The van der Waals surface area contributed by atoms with E-state index in [-0.39, 0.29) is 11.8 Å². The molecule has 1 amide bonds. The van der Waals surface area contributed by atoms with Crippen molar-refractivity contribution in [2.75, 3.05) is 6.61 Å². The smallest absolute Gasteiger partial charge is 0.326 e. The van der Waals surface area contributed by atoms with Crippen LogP contribution in [0.2, 0.25) is 0 Å². The van der Waals surface area contributed by atoms with E-state index in [4.69, 9.17) is 9.84 Å². The van der Waals surface area contributed by atoms with Gasteiger partial charge in [0.1, 0.15) is 11.8 Å². The van der Waals surface area contributed by atoms with Crippen LogP contribution in [0.5, 0.6) is 5.75 Å². The Balaban J connectivity index is 2.13. The summed E-state index contributed by atoms with van der Waals surface area (Å²) in [6, 6.07) is 4.29. The Morgan fingerprint density at radius 1 is 1.37 bits per heavy atom. The summed E-state index contributed by atoms with van der Waals surface area (Å²) >= 11 is 0. The molecule has 19 heavy (non-hydrogen) atoms. The van der Waals surface area contributed by atoms with E-state index in [1.807, 2.05) is 0 Å². The van der Waals surface area contributed by atoms with Gasteiger partial charge >= 0.3 is 5.97 Å². The number of rotatable bonds is 4. The molecule has 0 spiro atoms. The number of carbonyl (C=O) groups excluding carboxylic acids is 1. The van der Waals surface area contributed by atoms with E-state index in [2.05, 4.69) is 5.32 Å². The molecule has 0 unspecified atom stereocenters. The van der Waals surface area contributed by atoms with E-state index >= 15 is 0 Å². The molecule has 102 valence electrons. The van der Waals surface area contributed by atoms with Crippen LogP contribution in [0.1, 0.15) is 29.8 Å². The van der Waals surface area contributed by atoms with Crippen molar-refractivity contribution < 1.29 is 19.4 Å². The van der Waals surface area contributed by atoms with Gasteiger partial charge in [-0.15, -0.1) is 0 Å². The number of aliphatic carboxylic acids is 1. The molecule has 0 bridgehead atoms. The minimum Gasteiger partial charge on any atom is -0.493 e. The highest BCUT2D eigenvalue weighted by atomic mass is 16.5. The number of benzene rings is 1. The third-order valence-corrected chi connectivity index (χ3v) is 3.17. The van der Waals surface area contributed by atoms with Gasteiger partial charge in [-0.3, -0.25) is 4.79 Å². The number of ether oxygens (including phenoxy) is 1. The first-order valence-corrected chi connectivity index (χ1v) is 6.28. The second kappa shape index (κ2) is 5.30. The second-order valence-corrected chi connectivity index (χ2v) is 4.95. The van der Waals surface area contributed by atoms with E-state index in [0.29, 0.717) is 12.2 Å². The summed E-state index contributed by atoms with van der Waals surface area (Å²) in [5, 5.41) is 11.6. The number of hydrogen-bond acceptors (Lipinski definition) is 3. The van der Waals surface area contributed by atoms with Gasteiger partial charge in [0.05, 0.1) is 6.61 Å². The predicted octanol–water partition coefficient (Wildman–Crippen LogP) is 1.46. The van der Waals surface area contributed by atoms with Gasteiger partial charge in [-0.2, -0.15) is 0 Å². The Bertz CT molecular complexity index is 510. The van der Waals surface area contributed by atoms with Gasteiger partial charge in [0, 0.05) is 12.0 Å². The Morgan fingerprint density at radius 3 is 2.74 bits per heavy atom. The molecule has 1 aromatic rings. The lowest BCUT2D eigenvalue weighted by Gasteiger charge is -2.18.